The zero-order chi connectivity index (χ0) is 20.1. The molecule has 32 heavy (non-hydrogen) atoms. The standard InChI is InChI=1S/C25H25N5.2ClH/c1-2-26-13-7-8-14-30-20-12-6-4-10-17(20)22-23-18(15-27-29-23)21-16-9-3-5-11-19(16)28-24(21)25(22)30;;/h3-6,9-12,15,26-27,29H,2,7-8,13-14H2,1H3;2*1H. The van der Waals surface area contributed by atoms with Gasteiger partial charge in [0.1, 0.15) is 0 Å². The molecule has 0 fully saturated rings. The molecule has 0 atom stereocenters. The van der Waals surface area contributed by atoms with Crippen molar-refractivity contribution in [1.82, 2.24) is 25.1 Å². The Labute approximate surface area is 198 Å². The second-order valence-corrected chi connectivity index (χ2v) is 8.01. The van der Waals surface area contributed by atoms with E-state index in [1.165, 1.54) is 49.9 Å². The number of aromatic nitrogens is 4. The highest BCUT2D eigenvalue weighted by Crippen LogP contribution is 2.42. The summed E-state index contributed by atoms with van der Waals surface area (Å²) in [6.07, 6.45) is 4.38. The van der Waals surface area contributed by atoms with Crippen LogP contribution < -0.4 is 5.32 Å². The highest BCUT2D eigenvalue weighted by Gasteiger charge is 2.21. The lowest BCUT2D eigenvalue weighted by atomic mass is 10.0. The van der Waals surface area contributed by atoms with E-state index in [2.05, 4.69) is 81.7 Å². The largest absolute Gasteiger partial charge is 0.339 e. The van der Waals surface area contributed by atoms with Gasteiger partial charge in [0.25, 0.3) is 0 Å². The Kier molecular flexibility index (Phi) is 6.33. The first-order valence-electron chi connectivity index (χ1n) is 10.9. The number of nitrogens with zero attached hydrogens (tertiary/aromatic N) is 2. The number of benzene rings is 3. The molecule has 5 nitrogen and oxygen atoms in total. The minimum absolute atomic E-state index is 0. The molecular weight excluding hydrogens is 441 g/mol. The van der Waals surface area contributed by atoms with Crippen molar-refractivity contribution in [3.63, 3.8) is 0 Å². The van der Waals surface area contributed by atoms with Crippen LogP contribution in [0, 0.1) is 0 Å². The molecule has 0 aliphatic heterocycles. The summed E-state index contributed by atoms with van der Waals surface area (Å²) in [6.45, 7) is 5.25. The number of rotatable bonds is 6. The topological polar surface area (TPSA) is 61.4 Å². The van der Waals surface area contributed by atoms with Crippen LogP contribution in [0.2, 0.25) is 0 Å². The average Bonchev–Trinajstić information content (AvgIpc) is 3.47. The lowest BCUT2D eigenvalue weighted by molar-refractivity contribution is 0.594. The molecule has 7 heteroatoms. The van der Waals surface area contributed by atoms with E-state index in [1.54, 1.807) is 0 Å². The molecule has 3 N–H and O–H groups in total. The van der Waals surface area contributed by atoms with Gasteiger partial charge >= 0.3 is 0 Å². The summed E-state index contributed by atoms with van der Waals surface area (Å²) < 4.78 is 2.49. The molecule has 0 saturated heterocycles. The van der Waals surface area contributed by atoms with Gasteiger partial charge in [0.2, 0.25) is 0 Å². The zero-order valence-electron chi connectivity index (χ0n) is 17.9. The van der Waals surface area contributed by atoms with Gasteiger partial charge in [0.15, 0.2) is 0 Å². The molecule has 0 saturated carbocycles. The zero-order valence-corrected chi connectivity index (χ0v) is 19.6. The van der Waals surface area contributed by atoms with Gasteiger partial charge in [0, 0.05) is 45.2 Å². The van der Waals surface area contributed by atoms with E-state index in [9.17, 15) is 0 Å². The van der Waals surface area contributed by atoms with Crippen LogP contribution in [0.4, 0.5) is 0 Å². The number of unbranched alkanes of at least 4 members (excludes halogenated alkanes) is 1. The quantitative estimate of drug-likeness (QED) is 0.243. The van der Waals surface area contributed by atoms with Crippen molar-refractivity contribution >= 4 is 79.3 Å². The third-order valence-corrected chi connectivity index (χ3v) is 6.28. The summed E-state index contributed by atoms with van der Waals surface area (Å²) in [6, 6.07) is 17.2. The van der Waals surface area contributed by atoms with Crippen molar-refractivity contribution < 1.29 is 0 Å². The Morgan fingerprint density at radius 1 is 0.906 bits per heavy atom. The molecule has 3 aromatic heterocycles. The van der Waals surface area contributed by atoms with E-state index < -0.39 is 0 Å². The normalized spacial score (nSPS) is 11.5. The van der Waals surface area contributed by atoms with Crippen LogP contribution in [0.3, 0.4) is 0 Å². The molecule has 0 amide bonds. The van der Waals surface area contributed by atoms with Crippen molar-refractivity contribution in [2.24, 2.45) is 0 Å². The summed E-state index contributed by atoms with van der Waals surface area (Å²) >= 11 is 0. The molecule has 6 rings (SSSR count). The summed E-state index contributed by atoms with van der Waals surface area (Å²) in [5, 5.41) is 16.3. The first-order valence-corrected chi connectivity index (χ1v) is 10.9. The maximum Gasteiger partial charge on any atom is 0.0967 e. The predicted molar refractivity (Wildman–Crippen MR) is 141 cm³/mol. The van der Waals surface area contributed by atoms with Gasteiger partial charge in [0.05, 0.1) is 22.1 Å². The van der Waals surface area contributed by atoms with Crippen molar-refractivity contribution in [2.45, 2.75) is 26.3 Å². The van der Waals surface area contributed by atoms with Gasteiger partial charge in [-0.15, -0.1) is 24.8 Å². The molecule has 0 bridgehead atoms. The van der Waals surface area contributed by atoms with E-state index >= 15 is 0 Å². The lowest BCUT2D eigenvalue weighted by Crippen LogP contribution is -2.14. The number of hydrogen-bond donors (Lipinski definition) is 3. The number of nitrogens with one attached hydrogen (secondary N) is 3. The Hall–Kier alpha value is -2.73. The predicted octanol–water partition coefficient (Wildman–Crippen LogP) is 6.54. The van der Waals surface area contributed by atoms with Gasteiger partial charge in [-0.2, -0.15) is 0 Å². The number of fused-ring (bicyclic) bond motifs is 10. The number of aromatic amines is 2. The number of para-hydroxylation sites is 2. The SMILES string of the molecule is CCNCCCCn1c2ccccc2c2c3[nH][nH]cc3c3c4ccccc4nc3c21.Cl.Cl. The molecule has 0 aliphatic carbocycles. The third kappa shape index (κ3) is 3.24. The van der Waals surface area contributed by atoms with Crippen molar-refractivity contribution in [1.29, 1.82) is 0 Å². The minimum atomic E-state index is 0. The fourth-order valence-corrected chi connectivity index (χ4v) is 4.98. The van der Waals surface area contributed by atoms with Crippen LogP contribution in [-0.4, -0.2) is 32.8 Å². The van der Waals surface area contributed by atoms with Crippen molar-refractivity contribution in [2.75, 3.05) is 13.1 Å². The minimum Gasteiger partial charge on any atom is -0.339 e. The molecule has 3 heterocycles. The fourth-order valence-electron chi connectivity index (χ4n) is 4.98. The van der Waals surface area contributed by atoms with Crippen LogP contribution in [0.15, 0.2) is 54.7 Å². The molecule has 0 radical (unpaired) electrons. The number of H-pyrrole nitrogens is 2. The summed E-state index contributed by atoms with van der Waals surface area (Å²) in [7, 11) is 0. The van der Waals surface area contributed by atoms with Gasteiger partial charge in [-0.3, -0.25) is 0 Å². The van der Waals surface area contributed by atoms with Crippen LogP contribution >= 0.6 is 24.8 Å². The van der Waals surface area contributed by atoms with E-state index in [1.807, 2.05) is 0 Å². The monoisotopic (exact) mass is 467 g/mol. The van der Waals surface area contributed by atoms with E-state index in [0.717, 1.165) is 37.1 Å². The molecule has 0 unspecified atom stereocenters. The highest BCUT2D eigenvalue weighted by molar-refractivity contribution is 6.34. The summed E-state index contributed by atoms with van der Waals surface area (Å²) in [5.74, 6) is 0. The smallest absolute Gasteiger partial charge is 0.0967 e. The van der Waals surface area contributed by atoms with Gasteiger partial charge < -0.3 is 20.1 Å². The van der Waals surface area contributed by atoms with E-state index in [-0.39, 0.29) is 24.8 Å². The molecule has 3 aromatic carbocycles. The van der Waals surface area contributed by atoms with Crippen LogP contribution in [0.1, 0.15) is 19.8 Å². The molecule has 166 valence electrons. The van der Waals surface area contributed by atoms with Crippen LogP contribution in [0.5, 0.6) is 0 Å². The Balaban J connectivity index is 0.00000122. The van der Waals surface area contributed by atoms with Crippen molar-refractivity contribution in [3.8, 4) is 0 Å². The Morgan fingerprint density at radius 3 is 2.53 bits per heavy atom. The Morgan fingerprint density at radius 2 is 1.69 bits per heavy atom. The maximum absolute atomic E-state index is 5.13. The highest BCUT2D eigenvalue weighted by atomic mass is 35.5. The van der Waals surface area contributed by atoms with Crippen LogP contribution in [-0.2, 0) is 6.54 Å². The van der Waals surface area contributed by atoms with Gasteiger partial charge in [-0.1, -0.05) is 43.3 Å². The van der Waals surface area contributed by atoms with Crippen molar-refractivity contribution in [3.05, 3.63) is 54.7 Å². The third-order valence-electron chi connectivity index (χ3n) is 6.28. The molecular formula is C25H27Cl2N5. The molecule has 6 aromatic rings. The Bertz CT molecular complexity index is 1530. The maximum atomic E-state index is 5.13. The van der Waals surface area contributed by atoms with Crippen LogP contribution in [0.25, 0.3) is 54.5 Å². The number of aryl methyl sites for hydroxylation is 1. The summed E-state index contributed by atoms with van der Waals surface area (Å²) in [5.41, 5.74) is 5.86. The first-order chi connectivity index (χ1) is 14.9. The van der Waals surface area contributed by atoms with E-state index in [0.29, 0.717) is 0 Å². The number of halogens is 2. The second-order valence-electron chi connectivity index (χ2n) is 8.01. The summed E-state index contributed by atoms with van der Waals surface area (Å²) in [4.78, 5) is 5.13. The first kappa shape index (κ1) is 22.5. The van der Waals surface area contributed by atoms with Gasteiger partial charge in [-0.05, 0) is 38.1 Å². The lowest BCUT2D eigenvalue weighted by Gasteiger charge is -2.09. The van der Waals surface area contributed by atoms with E-state index in [4.69, 9.17) is 4.98 Å². The average molecular weight is 468 g/mol. The fraction of sp³-hybridized carbons (Fsp3) is 0.240. The second kappa shape index (κ2) is 9.02. The molecule has 0 aliphatic rings. The van der Waals surface area contributed by atoms with Gasteiger partial charge in [-0.25, -0.2) is 4.98 Å². The molecule has 0 spiro atoms. The number of hydrogen-bond acceptors (Lipinski definition) is 2.